The standard InChI is InChI=1S/C10H17F3N2O2/c11-10(12,13)7-1-3-8(4-2-7)15-5-6-17-9(14)16/h7-8,15H,1-6H2,(H2,14,16). The highest BCUT2D eigenvalue weighted by Crippen LogP contribution is 2.37. The summed E-state index contributed by atoms with van der Waals surface area (Å²) in [6.45, 7) is 0.568. The van der Waals surface area contributed by atoms with Crippen LogP contribution in [-0.4, -0.2) is 31.5 Å². The molecule has 17 heavy (non-hydrogen) atoms. The lowest BCUT2D eigenvalue weighted by atomic mass is 9.85. The zero-order chi connectivity index (χ0) is 12.9. The molecule has 0 aromatic rings. The quantitative estimate of drug-likeness (QED) is 0.752. The fourth-order valence-corrected chi connectivity index (χ4v) is 2.04. The van der Waals surface area contributed by atoms with Crippen LogP contribution in [0.3, 0.4) is 0 Å². The molecule has 1 fully saturated rings. The molecule has 1 aliphatic rings. The number of hydrogen-bond acceptors (Lipinski definition) is 3. The molecule has 3 N–H and O–H groups in total. The SMILES string of the molecule is NC(=O)OCCNC1CCC(C(F)(F)F)CC1. The predicted octanol–water partition coefficient (Wildman–Crippen LogP) is 1.79. The largest absolute Gasteiger partial charge is 0.448 e. The molecule has 1 rings (SSSR count). The number of rotatable bonds is 4. The van der Waals surface area contributed by atoms with Gasteiger partial charge in [0.1, 0.15) is 6.61 Å². The second-order valence-electron chi connectivity index (χ2n) is 4.21. The molecule has 0 heterocycles. The molecule has 0 aromatic carbocycles. The van der Waals surface area contributed by atoms with Crippen LogP contribution in [-0.2, 0) is 4.74 Å². The van der Waals surface area contributed by atoms with E-state index in [1.165, 1.54) is 0 Å². The predicted molar refractivity (Wildman–Crippen MR) is 55.3 cm³/mol. The van der Waals surface area contributed by atoms with Gasteiger partial charge in [-0.3, -0.25) is 0 Å². The van der Waals surface area contributed by atoms with E-state index in [1.54, 1.807) is 0 Å². The van der Waals surface area contributed by atoms with Gasteiger partial charge in [-0.2, -0.15) is 13.2 Å². The Morgan fingerprint density at radius 2 is 1.88 bits per heavy atom. The van der Waals surface area contributed by atoms with Crippen molar-refractivity contribution in [2.45, 2.75) is 37.9 Å². The van der Waals surface area contributed by atoms with Crippen molar-refractivity contribution in [1.82, 2.24) is 5.32 Å². The van der Waals surface area contributed by atoms with Crippen LogP contribution in [0.15, 0.2) is 0 Å². The molecule has 1 amide bonds. The van der Waals surface area contributed by atoms with Crippen molar-refractivity contribution in [3.05, 3.63) is 0 Å². The van der Waals surface area contributed by atoms with Gasteiger partial charge in [0, 0.05) is 12.6 Å². The third-order valence-electron chi connectivity index (χ3n) is 2.97. The number of hydrogen-bond donors (Lipinski definition) is 2. The molecular formula is C10H17F3N2O2. The summed E-state index contributed by atoms with van der Waals surface area (Å²) in [6, 6.07) is 0.0741. The van der Waals surface area contributed by atoms with E-state index in [9.17, 15) is 18.0 Å². The molecule has 7 heteroatoms. The summed E-state index contributed by atoms with van der Waals surface area (Å²) in [5, 5.41) is 3.05. The first-order valence-electron chi connectivity index (χ1n) is 5.62. The zero-order valence-corrected chi connectivity index (χ0v) is 9.43. The van der Waals surface area contributed by atoms with Crippen molar-refractivity contribution in [3.8, 4) is 0 Å². The number of carbonyl (C=O) groups excluding carboxylic acids is 1. The molecule has 0 bridgehead atoms. The summed E-state index contributed by atoms with van der Waals surface area (Å²) in [7, 11) is 0. The van der Waals surface area contributed by atoms with E-state index in [4.69, 9.17) is 5.73 Å². The number of alkyl halides is 3. The number of nitrogens with two attached hydrogens (primary N) is 1. The van der Waals surface area contributed by atoms with E-state index in [0.29, 0.717) is 19.4 Å². The monoisotopic (exact) mass is 254 g/mol. The first-order valence-corrected chi connectivity index (χ1v) is 5.62. The summed E-state index contributed by atoms with van der Waals surface area (Å²) in [6.07, 6.45) is -3.58. The van der Waals surface area contributed by atoms with Gasteiger partial charge in [-0.25, -0.2) is 4.79 Å². The van der Waals surface area contributed by atoms with Crippen molar-refractivity contribution < 1.29 is 22.7 Å². The summed E-state index contributed by atoms with van der Waals surface area (Å²) in [4.78, 5) is 10.3. The Morgan fingerprint density at radius 1 is 1.29 bits per heavy atom. The molecule has 4 nitrogen and oxygen atoms in total. The van der Waals surface area contributed by atoms with Gasteiger partial charge >= 0.3 is 12.3 Å². The maximum Gasteiger partial charge on any atom is 0.404 e. The Morgan fingerprint density at radius 3 is 2.35 bits per heavy atom. The van der Waals surface area contributed by atoms with E-state index in [-0.39, 0.29) is 25.5 Å². The molecule has 1 aliphatic carbocycles. The second-order valence-corrected chi connectivity index (χ2v) is 4.21. The van der Waals surface area contributed by atoms with E-state index in [2.05, 4.69) is 10.1 Å². The van der Waals surface area contributed by atoms with Crippen LogP contribution in [0.5, 0.6) is 0 Å². The fourth-order valence-electron chi connectivity index (χ4n) is 2.04. The highest BCUT2D eigenvalue weighted by atomic mass is 19.4. The van der Waals surface area contributed by atoms with E-state index in [0.717, 1.165) is 0 Å². The number of ether oxygens (including phenoxy) is 1. The van der Waals surface area contributed by atoms with Crippen LogP contribution in [0.4, 0.5) is 18.0 Å². The Labute approximate surface area is 97.7 Å². The summed E-state index contributed by atoms with van der Waals surface area (Å²) < 4.78 is 41.6. The Hall–Kier alpha value is -0.980. The molecule has 0 atom stereocenters. The van der Waals surface area contributed by atoms with Crippen molar-refractivity contribution in [3.63, 3.8) is 0 Å². The molecule has 0 spiro atoms. The molecule has 0 radical (unpaired) electrons. The van der Waals surface area contributed by atoms with Gasteiger partial charge in [0.25, 0.3) is 0 Å². The molecule has 1 saturated carbocycles. The average molecular weight is 254 g/mol. The highest BCUT2D eigenvalue weighted by molar-refractivity contribution is 5.64. The smallest absolute Gasteiger partial charge is 0.404 e. The number of halogens is 3. The Balaban J connectivity index is 2.13. The van der Waals surface area contributed by atoms with Gasteiger partial charge in [-0.1, -0.05) is 0 Å². The second kappa shape index (κ2) is 6.09. The lowest BCUT2D eigenvalue weighted by Gasteiger charge is -2.30. The van der Waals surface area contributed by atoms with Crippen molar-refractivity contribution in [1.29, 1.82) is 0 Å². The summed E-state index contributed by atoms with van der Waals surface area (Å²) in [5.74, 6) is -1.16. The topological polar surface area (TPSA) is 64.4 Å². The first-order chi connectivity index (χ1) is 7.89. The number of primary amides is 1. The van der Waals surface area contributed by atoms with Crippen LogP contribution >= 0.6 is 0 Å². The molecule has 0 aromatic heterocycles. The van der Waals surface area contributed by atoms with Gasteiger partial charge < -0.3 is 15.8 Å². The van der Waals surface area contributed by atoms with Crippen LogP contribution < -0.4 is 11.1 Å². The summed E-state index contributed by atoms with van der Waals surface area (Å²) in [5.41, 5.74) is 4.76. The maximum atomic E-state index is 12.4. The van der Waals surface area contributed by atoms with Crippen LogP contribution in [0.25, 0.3) is 0 Å². The lowest BCUT2D eigenvalue weighted by molar-refractivity contribution is -0.182. The van der Waals surface area contributed by atoms with E-state index < -0.39 is 18.2 Å². The molecule has 0 aliphatic heterocycles. The highest BCUT2D eigenvalue weighted by Gasteiger charge is 2.41. The van der Waals surface area contributed by atoms with Gasteiger partial charge in [0.15, 0.2) is 0 Å². The van der Waals surface area contributed by atoms with E-state index in [1.807, 2.05) is 0 Å². The van der Waals surface area contributed by atoms with E-state index >= 15 is 0 Å². The number of amides is 1. The van der Waals surface area contributed by atoms with Crippen LogP contribution in [0.2, 0.25) is 0 Å². The summed E-state index contributed by atoms with van der Waals surface area (Å²) >= 11 is 0. The first kappa shape index (κ1) is 14.1. The number of carbonyl (C=O) groups is 1. The van der Waals surface area contributed by atoms with Gasteiger partial charge in [0.05, 0.1) is 5.92 Å². The van der Waals surface area contributed by atoms with Crippen LogP contribution in [0.1, 0.15) is 25.7 Å². The Bertz CT molecular complexity index is 250. The van der Waals surface area contributed by atoms with Crippen molar-refractivity contribution in [2.75, 3.05) is 13.2 Å². The maximum absolute atomic E-state index is 12.4. The fraction of sp³-hybridized carbons (Fsp3) is 0.900. The molecule has 0 saturated heterocycles. The number of nitrogens with one attached hydrogen (secondary N) is 1. The third-order valence-corrected chi connectivity index (χ3v) is 2.97. The average Bonchev–Trinajstić information content (AvgIpc) is 2.23. The minimum absolute atomic E-state index is 0.0741. The van der Waals surface area contributed by atoms with Crippen molar-refractivity contribution in [2.24, 2.45) is 11.7 Å². The van der Waals surface area contributed by atoms with Crippen LogP contribution in [0, 0.1) is 5.92 Å². The molecular weight excluding hydrogens is 237 g/mol. The third kappa shape index (κ3) is 5.25. The van der Waals surface area contributed by atoms with Gasteiger partial charge in [-0.15, -0.1) is 0 Å². The molecule has 0 unspecified atom stereocenters. The van der Waals surface area contributed by atoms with Gasteiger partial charge in [-0.05, 0) is 25.7 Å². The zero-order valence-electron chi connectivity index (χ0n) is 9.43. The molecule has 100 valence electrons. The Kier molecular flexibility index (Phi) is 5.04. The minimum Gasteiger partial charge on any atom is -0.448 e. The lowest BCUT2D eigenvalue weighted by Crippen LogP contribution is -2.38. The van der Waals surface area contributed by atoms with Crippen molar-refractivity contribution >= 4 is 6.09 Å². The minimum atomic E-state index is -4.07. The normalized spacial score (nSPS) is 25.6. The van der Waals surface area contributed by atoms with Gasteiger partial charge in [0.2, 0.25) is 0 Å².